The lowest BCUT2D eigenvalue weighted by atomic mass is 10.2. The van der Waals surface area contributed by atoms with Crippen molar-refractivity contribution >= 4 is 17.2 Å². The van der Waals surface area contributed by atoms with Crippen molar-refractivity contribution in [2.45, 2.75) is 19.0 Å². The lowest BCUT2D eigenvalue weighted by Crippen LogP contribution is -2.33. The molecule has 1 aliphatic heterocycles. The molecule has 0 bridgehead atoms. The summed E-state index contributed by atoms with van der Waals surface area (Å²) in [6.45, 7) is 2.74. The number of hydrogen-bond donors (Lipinski definition) is 1. The van der Waals surface area contributed by atoms with Gasteiger partial charge in [0.2, 0.25) is 0 Å². The molecule has 0 aliphatic carbocycles. The molecule has 1 saturated heterocycles. The second-order valence-corrected chi connectivity index (χ2v) is 5.66. The minimum absolute atomic E-state index is 0.0922. The van der Waals surface area contributed by atoms with E-state index in [1.807, 2.05) is 0 Å². The largest absolute Gasteiger partial charge is 0.315 e. The monoisotopic (exact) mass is 292 g/mol. The van der Waals surface area contributed by atoms with Crippen molar-refractivity contribution in [3.63, 3.8) is 0 Å². The first-order valence-corrected chi connectivity index (χ1v) is 7.10. The molecule has 6 heteroatoms. The molecule has 1 atom stereocenters. The van der Waals surface area contributed by atoms with E-state index in [0.29, 0.717) is 23.3 Å². The van der Waals surface area contributed by atoms with Gasteiger partial charge in [0.1, 0.15) is 5.65 Å². The summed E-state index contributed by atoms with van der Waals surface area (Å²) in [4.78, 5) is 18.9. The van der Waals surface area contributed by atoms with Crippen molar-refractivity contribution in [2.75, 3.05) is 20.1 Å². The maximum atomic E-state index is 12.1. The van der Waals surface area contributed by atoms with Gasteiger partial charge in [-0.3, -0.25) is 14.1 Å². The predicted molar refractivity (Wildman–Crippen MR) is 79.2 cm³/mol. The van der Waals surface area contributed by atoms with Crippen LogP contribution in [0.25, 0.3) is 5.65 Å². The van der Waals surface area contributed by atoms with Gasteiger partial charge in [0, 0.05) is 31.4 Å². The highest BCUT2D eigenvalue weighted by Crippen LogP contribution is 2.11. The normalized spacial score (nSPS) is 19.1. The maximum Gasteiger partial charge on any atom is 0.258 e. The van der Waals surface area contributed by atoms with Gasteiger partial charge < -0.3 is 5.32 Å². The molecule has 2 aromatic heterocycles. The zero-order valence-corrected chi connectivity index (χ0v) is 12.1. The van der Waals surface area contributed by atoms with E-state index < -0.39 is 0 Å². The van der Waals surface area contributed by atoms with Crippen molar-refractivity contribution in [1.82, 2.24) is 19.6 Å². The van der Waals surface area contributed by atoms with Crippen LogP contribution in [0.3, 0.4) is 0 Å². The van der Waals surface area contributed by atoms with Crippen LogP contribution in [-0.2, 0) is 6.54 Å². The number of rotatable bonds is 3. The summed E-state index contributed by atoms with van der Waals surface area (Å²) in [6, 6.07) is 5.62. The minimum atomic E-state index is -0.0922. The van der Waals surface area contributed by atoms with Crippen molar-refractivity contribution in [3.8, 4) is 0 Å². The van der Waals surface area contributed by atoms with Crippen LogP contribution in [0.2, 0.25) is 5.02 Å². The molecule has 2 aromatic rings. The number of nitrogens with one attached hydrogen (secondary N) is 1. The molecule has 3 rings (SSSR count). The Morgan fingerprint density at radius 1 is 1.55 bits per heavy atom. The Morgan fingerprint density at radius 2 is 2.40 bits per heavy atom. The highest BCUT2D eigenvalue weighted by molar-refractivity contribution is 6.30. The third-order valence-corrected chi connectivity index (χ3v) is 3.97. The van der Waals surface area contributed by atoms with Crippen LogP contribution < -0.4 is 10.9 Å². The van der Waals surface area contributed by atoms with Crippen LogP contribution in [0, 0.1) is 0 Å². The van der Waals surface area contributed by atoms with E-state index in [2.05, 4.69) is 22.2 Å². The smallest absolute Gasteiger partial charge is 0.258 e. The Balaban J connectivity index is 1.88. The molecular formula is C14H17ClN4O. The number of fused-ring (bicyclic) bond motifs is 1. The number of halogens is 1. The molecule has 5 nitrogen and oxygen atoms in total. The number of hydrogen-bond acceptors (Lipinski definition) is 4. The summed E-state index contributed by atoms with van der Waals surface area (Å²) in [5.74, 6) is 0. The number of nitrogens with zero attached hydrogens (tertiary/aromatic N) is 3. The number of aromatic nitrogens is 2. The zero-order chi connectivity index (χ0) is 14.1. The van der Waals surface area contributed by atoms with E-state index >= 15 is 0 Å². The van der Waals surface area contributed by atoms with Gasteiger partial charge in [-0.05, 0) is 32.1 Å². The van der Waals surface area contributed by atoms with Crippen LogP contribution in [-0.4, -0.2) is 40.5 Å². The van der Waals surface area contributed by atoms with Gasteiger partial charge in [0.05, 0.1) is 10.7 Å². The topological polar surface area (TPSA) is 49.6 Å². The van der Waals surface area contributed by atoms with Gasteiger partial charge in [-0.25, -0.2) is 4.98 Å². The van der Waals surface area contributed by atoms with Gasteiger partial charge in [0.25, 0.3) is 5.56 Å². The molecule has 0 radical (unpaired) electrons. The molecule has 0 saturated carbocycles. The molecule has 1 aliphatic rings. The third kappa shape index (κ3) is 2.70. The van der Waals surface area contributed by atoms with E-state index in [0.717, 1.165) is 25.2 Å². The molecule has 106 valence electrons. The van der Waals surface area contributed by atoms with Crippen molar-refractivity contribution in [3.05, 3.63) is 45.5 Å². The zero-order valence-electron chi connectivity index (χ0n) is 11.3. The number of likely N-dealkylation sites (N-methyl/N-ethyl adjacent to an activating group) is 1. The summed E-state index contributed by atoms with van der Waals surface area (Å²) in [5.41, 5.74) is 1.34. The molecule has 0 aromatic carbocycles. The van der Waals surface area contributed by atoms with E-state index in [9.17, 15) is 4.79 Å². The minimum Gasteiger partial charge on any atom is -0.315 e. The predicted octanol–water partition coefficient (Wildman–Crippen LogP) is 1.14. The average Bonchev–Trinajstić information content (AvgIpc) is 2.94. The third-order valence-electron chi connectivity index (χ3n) is 3.75. The molecule has 3 heterocycles. The summed E-state index contributed by atoms with van der Waals surface area (Å²) in [7, 11) is 2.07. The van der Waals surface area contributed by atoms with Gasteiger partial charge in [-0.1, -0.05) is 11.6 Å². The molecular weight excluding hydrogens is 276 g/mol. The van der Waals surface area contributed by atoms with Crippen LogP contribution in [0.15, 0.2) is 29.2 Å². The second-order valence-electron chi connectivity index (χ2n) is 5.22. The quantitative estimate of drug-likeness (QED) is 0.922. The first-order valence-electron chi connectivity index (χ1n) is 6.72. The average molecular weight is 293 g/mol. The van der Waals surface area contributed by atoms with Gasteiger partial charge in [-0.2, -0.15) is 0 Å². The summed E-state index contributed by atoms with van der Waals surface area (Å²) in [6.07, 6.45) is 2.74. The Morgan fingerprint density at radius 3 is 3.15 bits per heavy atom. The Labute approximate surface area is 122 Å². The summed E-state index contributed by atoms with van der Waals surface area (Å²) in [5, 5.41) is 3.87. The summed E-state index contributed by atoms with van der Waals surface area (Å²) >= 11 is 5.90. The van der Waals surface area contributed by atoms with Gasteiger partial charge in [0.15, 0.2) is 0 Å². The second kappa shape index (κ2) is 5.52. The molecule has 1 N–H and O–H groups in total. The van der Waals surface area contributed by atoms with Crippen LogP contribution in [0.4, 0.5) is 0 Å². The first-order chi connectivity index (χ1) is 9.63. The maximum absolute atomic E-state index is 12.1. The van der Waals surface area contributed by atoms with Crippen molar-refractivity contribution in [1.29, 1.82) is 0 Å². The van der Waals surface area contributed by atoms with E-state index in [1.54, 1.807) is 24.4 Å². The van der Waals surface area contributed by atoms with Gasteiger partial charge in [-0.15, -0.1) is 0 Å². The van der Waals surface area contributed by atoms with E-state index in [1.165, 1.54) is 4.40 Å². The highest BCUT2D eigenvalue weighted by Gasteiger charge is 2.19. The Bertz CT molecular complexity index is 678. The first kappa shape index (κ1) is 13.5. The SMILES string of the molecule is CN(Cc1cc(=O)n2cc(Cl)ccc2n1)C1CCNC1. The fourth-order valence-corrected chi connectivity index (χ4v) is 2.77. The van der Waals surface area contributed by atoms with Gasteiger partial charge >= 0.3 is 0 Å². The highest BCUT2D eigenvalue weighted by atomic mass is 35.5. The molecule has 0 amide bonds. The summed E-state index contributed by atoms with van der Waals surface area (Å²) < 4.78 is 1.48. The van der Waals surface area contributed by atoms with E-state index in [-0.39, 0.29) is 5.56 Å². The van der Waals surface area contributed by atoms with Crippen LogP contribution >= 0.6 is 11.6 Å². The molecule has 1 unspecified atom stereocenters. The number of pyridine rings is 1. The Hall–Kier alpha value is -1.43. The molecule has 0 spiro atoms. The van der Waals surface area contributed by atoms with Crippen molar-refractivity contribution < 1.29 is 0 Å². The molecule has 20 heavy (non-hydrogen) atoms. The van der Waals surface area contributed by atoms with Crippen LogP contribution in [0.1, 0.15) is 12.1 Å². The van der Waals surface area contributed by atoms with Crippen LogP contribution in [0.5, 0.6) is 0 Å². The molecule has 1 fully saturated rings. The lowest BCUT2D eigenvalue weighted by Gasteiger charge is -2.22. The Kier molecular flexibility index (Phi) is 3.74. The standard InChI is InChI=1S/C14H17ClN4O/c1-18(12-4-5-16-7-12)9-11-6-14(20)19-8-10(15)2-3-13(19)17-11/h2-3,6,8,12,16H,4-5,7,9H2,1H3. The lowest BCUT2D eigenvalue weighted by molar-refractivity contribution is 0.246. The fourth-order valence-electron chi connectivity index (χ4n) is 2.61. The fraction of sp³-hybridized carbons (Fsp3) is 0.429. The van der Waals surface area contributed by atoms with Crippen molar-refractivity contribution in [2.24, 2.45) is 0 Å². The van der Waals surface area contributed by atoms with E-state index in [4.69, 9.17) is 11.6 Å².